The monoisotopic (exact) mass is 373 g/mol. The molecule has 0 aliphatic heterocycles. The average Bonchev–Trinajstić information content (AvgIpc) is 2.67. The summed E-state index contributed by atoms with van der Waals surface area (Å²) in [4.78, 5) is 12.2. The Morgan fingerprint density at radius 2 is 1.89 bits per heavy atom. The van der Waals surface area contributed by atoms with Gasteiger partial charge in [0.25, 0.3) is 0 Å². The minimum atomic E-state index is -0.177. The van der Waals surface area contributed by atoms with E-state index < -0.39 is 0 Å². The maximum absolute atomic E-state index is 12.2. The lowest BCUT2D eigenvalue weighted by Gasteiger charge is -2.17. The molecule has 0 spiro atoms. The summed E-state index contributed by atoms with van der Waals surface area (Å²) in [6.45, 7) is 2.84. The Balaban J connectivity index is 1.93. The number of hydrogen-bond acceptors (Lipinski definition) is 5. The number of methoxy groups -OCH3 is 2. The first-order valence-electron chi connectivity index (χ1n) is 8.91. The third-order valence-electron chi connectivity index (χ3n) is 4.22. The van der Waals surface area contributed by atoms with Crippen LogP contribution in [-0.2, 0) is 16.0 Å². The molecule has 0 saturated heterocycles. The number of nitrogens with one attached hydrogen (secondary N) is 1. The van der Waals surface area contributed by atoms with Crippen LogP contribution >= 0.6 is 0 Å². The van der Waals surface area contributed by atoms with E-state index in [2.05, 4.69) is 5.32 Å². The Kier molecular flexibility index (Phi) is 7.95. The molecule has 2 aromatic carbocycles. The molecular weight excluding hydrogens is 346 g/mol. The highest BCUT2D eigenvalue weighted by Crippen LogP contribution is 2.30. The molecule has 1 amide bonds. The van der Waals surface area contributed by atoms with Crippen LogP contribution in [0.2, 0.25) is 0 Å². The predicted molar refractivity (Wildman–Crippen MR) is 103 cm³/mol. The van der Waals surface area contributed by atoms with E-state index >= 15 is 0 Å². The molecule has 6 heteroatoms. The summed E-state index contributed by atoms with van der Waals surface area (Å²) in [5.41, 5.74) is 1.68. The summed E-state index contributed by atoms with van der Waals surface area (Å²) in [5, 5.41) is 12.8. The number of carbonyl (C=O) groups is 1. The Morgan fingerprint density at radius 1 is 1.11 bits per heavy atom. The summed E-state index contributed by atoms with van der Waals surface area (Å²) in [7, 11) is 3.20. The van der Waals surface area contributed by atoms with Gasteiger partial charge in [-0.2, -0.15) is 0 Å². The Bertz CT molecular complexity index is 747. The Labute approximate surface area is 160 Å². The molecule has 2 rings (SSSR count). The SMILES string of the molecule is COCCOc1ccc(C(C)NC(=O)CCc2ccccc2O)cc1OC. The molecular formula is C21H27NO5. The van der Waals surface area contributed by atoms with Crippen molar-refractivity contribution in [3.63, 3.8) is 0 Å². The van der Waals surface area contributed by atoms with E-state index in [0.29, 0.717) is 37.6 Å². The van der Waals surface area contributed by atoms with Crippen molar-refractivity contribution < 1.29 is 24.1 Å². The van der Waals surface area contributed by atoms with Crippen LogP contribution in [0.3, 0.4) is 0 Å². The smallest absolute Gasteiger partial charge is 0.220 e. The van der Waals surface area contributed by atoms with Gasteiger partial charge in [-0.05, 0) is 42.7 Å². The third-order valence-corrected chi connectivity index (χ3v) is 4.22. The number of phenolic OH excluding ortho intramolecular Hbond substituents is 1. The molecule has 0 radical (unpaired) electrons. The predicted octanol–water partition coefficient (Wildman–Crippen LogP) is 3.24. The number of ether oxygens (including phenoxy) is 3. The van der Waals surface area contributed by atoms with Crippen LogP contribution in [-0.4, -0.2) is 38.4 Å². The molecule has 27 heavy (non-hydrogen) atoms. The summed E-state index contributed by atoms with van der Waals surface area (Å²) >= 11 is 0. The second-order valence-electron chi connectivity index (χ2n) is 6.17. The molecule has 1 atom stereocenters. The van der Waals surface area contributed by atoms with Crippen molar-refractivity contribution in [3.8, 4) is 17.2 Å². The molecule has 0 bridgehead atoms. The van der Waals surface area contributed by atoms with Crippen molar-refractivity contribution in [2.75, 3.05) is 27.4 Å². The molecule has 1 unspecified atom stereocenters. The number of benzene rings is 2. The van der Waals surface area contributed by atoms with Gasteiger partial charge in [-0.3, -0.25) is 4.79 Å². The number of hydrogen-bond donors (Lipinski definition) is 2. The molecule has 0 aromatic heterocycles. The Morgan fingerprint density at radius 3 is 2.59 bits per heavy atom. The number of para-hydroxylation sites is 1. The maximum Gasteiger partial charge on any atom is 0.220 e. The first-order valence-corrected chi connectivity index (χ1v) is 8.91. The van der Waals surface area contributed by atoms with E-state index in [1.165, 1.54) is 0 Å². The molecule has 0 saturated carbocycles. The number of rotatable bonds is 10. The molecule has 0 aliphatic carbocycles. The van der Waals surface area contributed by atoms with Gasteiger partial charge in [-0.15, -0.1) is 0 Å². The largest absolute Gasteiger partial charge is 0.508 e. The van der Waals surface area contributed by atoms with Crippen LogP contribution in [0.1, 0.15) is 30.5 Å². The molecule has 146 valence electrons. The first kappa shape index (κ1) is 20.6. The fourth-order valence-corrected chi connectivity index (χ4v) is 2.68. The van der Waals surface area contributed by atoms with Crippen molar-refractivity contribution in [2.24, 2.45) is 0 Å². The molecule has 2 N–H and O–H groups in total. The van der Waals surface area contributed by atoms with Gasteiger partial charge in [0.2, 0.25) is 5.91 Å². The number of aromatic hydroxyl groups is 1. The van der Waals surface area contributed by atoms with Crippen LogP contribution in [0.4, 0.5) is 0 Å². The highest BCUT2D eigenvalue weighted by atomic mass is 16.5. The molecule has 0 fully saturated rings. The van der Waals surface area contributed by atoms with Gasteiger partial charge >= 0.3 is 0 Å². The van der Waals surface area contributed by atoms with E-state index in [4.69, 9.17) is 14.2 Å². The highest BCUT2D eigenvalue weighted by molar-refractivity contribution is 5.76. The normalized spacial score (nSPS) is 11.7. The van der Waals surface area contributed by atoms with Gasteiger partial charge in [0.15, 0.2) is 11.5 Å². The molecule has 2 aromatic rings. The minimum Gasteiger partial charge on any atom is -0.508 e. The lowest BCUT2D eigenvalue weighted by Crippen LogP contribution is -2.26. The highest BCUT2D eigenvalue weighted by Gasteiger charge is 2.13. The maximum atomic E-state index is 12.2. The van der Waals surface area contributed by atoms with Crippen molar-refractivity contribution in [1.82, 2.24) is 5.32 Å². The topological polar surface area (TPSA) is 77.0 Å². The standard InChI is InChI=1S/C21H27NO5/c1-15(22-21(24)11-9-16-6-4-5-7-18(16)23)17-8-10-19(20(14-17)26-3)27-13-12-25-2/h4-8,10,14-15,23H,9,11-13H2,1-3H3,(H,22,24). The number of aryl methyl sites for hydroxylation is 1. The van der Waals surface area contributed by atoms with Crippen molar-refractivity contribution >= 4 is 5.91 Å². The zero-order valence-electron chi connectivity index (χ0n) is 16.0. The van der Waals surface area contributed by atoms with Crippen molar-refractivity contribution in [1.29, 1.82) is 0 Å². The third kappa shape index (κ3) is 6.18. The lowest BCUT2D eigenvalue weighted by atomic mass is 10.1. The van der Waals surface area contributed by atoms with Crippen LogP contribution in [0.15, 0.2) is 42.5 Å². The summed E-state index contributed by atoms with van der Waals surface area (Å²) < 4.78 is 16.0. The van der Waals surface area contributed by atoms with Crippen LogP contribution in [0, 0.1) is 0 Å². The molecule has 0 aliphatic rings. The second kappa shape index (κ2) is 10.4. The van der Waals surface area contributed by atoms with Gasteiger partial charge in [0.05, 0.1) is 19.8 Å². The van der Waals surface area contributed by atoms with E-state index in [1.807, 2.05) is 37.3 Å². The van der Waals surface area contributed by atoms with E-state index in [0.717, 1.165) is 11.1 Å². The zero-order chi connectivity index (χ0) is 19.6. The van der Waals surface area contributed by atoms with Crippen molar-refractivity contribution in [2.45, 2.75) is 25.8 Å². The van der Waals surface area contributed by atoms with Crippen LogP contribution < -0.4 is 14.8 Å². The van der Waals surface area contributed by atoms with Gasteiger partial charge < -0.3 is 24.6 Å². The first-order chi connectivity index (χ1) is 13.0. The van der Waals surface area contributed by atoms with Gasteiger partial charge in [0.1, 0.15) is 12.4 Å². The fourth-order valence-electron chi connectivity index (χ4n) is 2.68. The van der Waals surface area contributed by atoms with Crippen LogP contribution in [0.5, 0.6) is 17.2 Å². The molecule has 6 nitrogen and oxygen atoms in total. The zero-order valence-corrected chi connectivity index (χ0v) is 16.0. The lowest BCUT2D eigenvalue weighted by molar-refractivity contribution is -0.121. The van der Waals surface area contributed by atoms with Gasteiger partial charge in [-0.1, -0.05) is 24.3 Å². The van der Waals surface area contributed by atoms with Crippen molar-refractivity contribution in [3.05, 3.63) is 53.6 Å². The van der Waals surface area contributed by atoms with Gasteiger partial charge in [0, 0.05) is 13.5 Å². The molecule has 0 heterocycles. The average molecular weight is 373 g/mol. The van der Waals surface area contributed by atoms with E-state index in [9.17, 15) is 9.90 Å². The quantitative estimate of drug-likeness (QED) is 0.625. The minimum absolute atomic E-state index is 0.0786. The number of phenols is 1. The van der Waals surface area contributed by atoms with Crippen LogP contribution in [0.25, 0.3) is 0 Å². The summed E-state index contributed by atoms with van der Waals surface area (Å²) in [6, 6.07) is 12.5. The number of amides is 1. The van der Waals surface area contributed by atoms with E-state index in [1.54, 1.807) is 26.4 Å². The Hall–Kier alpha value is -2.73. The summed E-state index contributed by atoms with van der Waals surface area (Å²) in [5.74, 6) is 1.38. The fraction of sp³-hybridized carbons (Fsp3) is 0.381. The van der Waals surface area contributed by atoms with E-state index in [-0.39, 0.29) is 17.7 Å². The van der Waals surface area contributed by atoms with Gasteiger partial charge in [-0.25, -0.2) is 0 Å². The number of carbonyl (C=O) groups excluding carboxylic acids is 1. The summed E-state index contributed by atoms with van der Waals surface area (Å²) in [6.07, 6.45) is 0.790. The second-order valence-corrected chi connectivity index (χ2v) is 6.17.